The Hall–Kier alpha value is -0.830. The standard InChI is InChI=1S/C11H11BrN2/c12-8-5-2-6-9-10(8)14-11(13-9)7-3-1-4-7/h2,5-7H,1,3-4H2,(H,13,14). The van der Waals surface area contributed by atoms with Crippen molar-refractivity contribution >= 4 is 27.0 Å². The molecule has 0 radical (unpaired) electrons. The number of hydrogen-bond donors (Lipinski definition) is 1. The molecule has 1 N–H and O–H groups in total. The number of nitrogens with one attached hydrogen (secondary N) is 1. The minimum absolute atomic E-state index is 0.675. The van der Waals surface area contributed by atoms with Crippen molar-refractivity contribution in [2.24, 2.45) is 0 Å². The molecule has 2 nitrogen and oxygen atoms in total. The molecule has 72 valence electrons. The van der Waals surface area contributed by atoms with Gasteiger partial charge in [-0.1, -0.05) is 12.5 Å². The van der Waals surface area contributed by atoms with E-state index in [1.165, 1.54) is 19.3 Å². The van der Waals surface area contributed by atoms with Gasteiger partial charge in [0.25, 0.3) is 0 Å². The first-order valence-corrected chi connectivity index (χ1v) is 5.78. The molecule has 0 atom stereocenters. The van der Waals surface area contributed by atoms with Gasteiger partial charge in [-0.15, -0.1) is 0 Å². The zero-order valence-electron chi connectivity index (χ0n) is 7.76. The van der Waals surface area contributed by atoms with E-state index in [-0.39, 0.29) is 0 Å². The topological polar surface area (TPSA) is 28.7 Å². The van der Waals surface area contributed by atoms with Crippen LogP contribution in [0.25, 0.3) is 11.0 Å². The molecule has 2 aromatic rings. The zero-order chi connectivity index (χ0) is 9.54. The van der Waals surface area contributed by atoms with Crippen LogP contribution >= 0.6 is 15.9 Å². The number of aromatic nitrogens is 2. The Bertz CT molecular complexity index is 471. The molecule has 0 aliphatic heterocycles. The number of fused-ring (bicyclic) bond motifs is 1. The molecule has 3 rings (SSSR count). The number of para-hydroxylation sites is 1. The SMILES string of the molecule is Brc1cccc2[nH]c(C3CCC3)nc12. The van der Waals surface area contributed by atoms with Crippen LogP contribution in [0, 0.1) is 0 Å². The molecule has 1 aromatic carbocycles. The van der Waals surface area contributed by atoms with Gasteiger partial charge in [0, 0.05) is 10.4 Å². The van der Waals surface area contributed by atoms with Gasteiger partial charge < -0.3 is 4.98 Å². The van der Waals surface area contributed by atoms with E-state index >= 15 is 0 Å². The Morgan fingerprint density at radius 3 is 2.86 bits per heavy atom. The maximum absolute atomic E-state index is 4.63. The molecule has 3 heteroatoms. The summed E-state index contributed by atoms with van der Waals surface area (Å²) in [6.45, 7) is 0. The second-order valence-electron chi connectivity index (χ2n) is 3.89. The van der Waals surface area contributed by atoms with Gasteiger partial charge in [-0.05, 0) is 40.9 Å². The quantitative estimate of drug-likeness (QED) is 0.824. The number of H-pyrrole nitrogens is 1. The lowest BCUT2D eigenvalue weighted by Crippen LogP contribution is -2.10. The van der Waals surface area contributed by atoms with Gasteiger partial charge >= 0.3 is 0 Å². The second-order valence-corrected chi connectivity index (χ2v) is 4.74. The molecule has 0 bridgehead atoms. The minimum atomic E-state index is 0.675. The number of benzene rings is 1. The monoisotopic (exact) mass is 250 g/mol. The third kappa shape index (κ3) is 1.19. The van der Waals surface area contributed by atoms with Crippen molar-refractivity contribution in [3.63, 3.8) is 0 Å². The smallest absolute Gasteiger partial charge is 0.110 e. The van der Waals surface area contributed by atoms with Crippen LogP contribution in [0.4, 0.5) is 0 Å². The fourth-order valence-electron chi connectivity index (χ4n) is 1.89. The average Bonchev–Trinajstić information content (AvgIpc) is 2.46. The number of nitrogens with zero attached hydrogens (tertiary/aromatic N) is 1. The highest BCUT2D eigenvalue weighted by atomic mass is 79.9. The van der Waals surface area contributed by atoms with Gasteiger partial charge in [0.2, 0.25) is 0 Å². The Morgan fingerprint density at radius 1 is 1.36 bits per heavy atom. The van der Waals surface area contributed by atoms with Crippen molar-refractivity contribution in [1.29, 1.82) is 0 Å². The van der Waals surface area contributed by atoms with Crippen LogP contribution in [0.3, 0.4) is 0 Å². The van der Waals surface area contributed by atoms with E-state index in [2.05, 4.69) is 32.0 Å². The molecule has 1 aliphatic rings. The van der Waals surface area contributed by atoms with Gasteiger partial charge in [-0.25, -0.2) is 4.98 Å². The summed E-state index contributed by atoms with van der Waals surface area (Å²) in [5.41, 5.74) is 2.20. The Balaban J connectivity index is 2.15. The summed E-state index contributed by atoms with van der Waals surface area (Å²) in [5, 5.41) is 0. The van der Waals surface area contributed by atoms with E-state index in [0.717, 1.165) is 21.3 Å². The first-order valence-electron chi connectivity index (χ1n) is 4.99. The number of aromatic amines is 1. The summed E-state index contributed by atoms with van der Waals surface area (Å²) < 4.78 is 1.08. The Morgan fingerprint density at radius 2 is 2.21 bits per heavy atom. The van der Waals surface area contributed by atoms with Crippen molar-refractivity contribution in [3.8, 4) is 0 Å². The van der Waals surface area contributed by atoms with Gasteiger partial charge in [0.1, 0.15) is 11.3 Å². The Labute approximate surface area is 90.9 Å². The first-order chi connectivity index (χ1) is 6.84. The molecule has 0 amide bonds. The summed E-state index contributed by atoms with van der Waals surface area (Å²) in [7, 11) is 0. The van der Waals surface area contributed by atoms with Crippen molar-refractivity contribution in [2.45, 2.75) is 25.2 Å². The minimum Gasteiger partial charge on any atom is -0.342 e. The van der Waals surface area contributed by atoms with Crippen LogP contribution < -0.4 is 0 Å². The first kappa shape index (κ1) is 8.48. The average molecular weight is 251 g/mol. The van der Waals surface area contributed by atoms with Crippen LogP contribution in [0.15, 0.2) is 22.7 Å². The number of hydrogen-bond acceptors (Lipinski definition) is 1. The molecule has 14 heavy (non-hydrogen) atoms. The van der Waals surface area contributed by atoms with E-state index in [0.29, 0.717) is 5.92 Å². The molecule has 1 aliphatic carbocycles. The fourth-order valence-corrected chi connectivity index (χ4v) is 2.35. The third-order valence-corrected chi connectivity index (χ3v) is 3.61. The van der Waals surface area contributed by atoms with E-state index in [1.807, 2.05) is 12.1 Å². The van der Waals surface area contributed by atoms with Crippen LogP contribution in [-0.2, 0) is 0 Å². The van der Waals surface area contributed by atoms with E-state index in [9.17, 15) is 0 Å². The highest BCUT2D eigenvalue weighted by Gasteiger charge is 2.22. The van der Waals surface area contributed by atoms with Gasteiger partial charge in [-0.3, -0.25) is 0 Å². The van der Waals surface area contributed by atoms with Crippen molar-refractivity contribution in [2.75, 3.05) is 0 Å². The van der Waals surface area contributed by atoms with Crippen molar-refractivity contribution in [3.05, 3.63) is 28.5 Å². The molecule has 1 aromatic heterocycles. The number of imidazole rings is 1. The molecule has 1 heterocycles. The summed E-state index contributed by atoms with van der Waals surface area (Å²) in [5.74, 6) is 1.84. The van der Waals surface area contributed by atoms with E-state index in [4.69, 9.17) is 0 Å². The summed E-state index contributed by atoms with van der Waals surface area (Å²) in [6.07, 6.45) is 3.93. The highest BCUT2D eigenvalue weighted by molar-refractivity contribution is 9.10. The second kappa shape index (κ2) is 3.09. The van der Waals surface area contributed by atoms with Crippen molar-refractivity contribution in [1.82, 2.24) is 9.97 Å². The van der Waals surface area contributed by atoms with E-state index < -0.39 is 0 Å². The maximum atomic E-state index is 4.63. The number of halogens is 1. The molecule has 0 unspecified atom stereocenters. The lowest BCUT2D eigenvalue weighted by molar-refractivity contribution is 0.405. The highest BCUT2D eigenvalue weighted by Crippen LogP contribution is 2.36. The predicted molar refractivity (Wildman–Crippen MR) is 60.4 cm³/mol. The summed E-state index contributed by atoms with van der Waals surface area (Å²) >= 11 is 3.52. The zero-order valence-corrected chi connectivity index (χ0v) is 9.34. The van der Waals surface area contributed by atoms with Crippen LogP contribution in [-0.4, -0.2) is 9.97 Å². The van der Waals surface area contributed by atoms with Crippen LogP contribution in [0.2, 0.25) is 0 Å². The molecule has 1 fully saturated rings. The lowest BCUT2D eigenvalue weighted by atomic mass is 9.85. The molecule has 0 saturated heterocycles. The summed E-state index contributed by atoms with van der Waals surface area (Å²) in [4.78, 5) is 8.03. The lowest BCUT2D eigenvalue weighted by Gasteiger charge is -2.22. The number of rotatable bonds is 1. The van der Waals surface area contributed by atoms with E-state index in [1.54, 1.807) is 0 Å². The predicted octanol–water partition coefficient (Wildman–Crippen LogP) is 3.59. The molecule has 0 spiro atoms. The maximum Gasteiger partial charge on any atom is 0.110 e. The summed E-state index contributed by atoms with van der Waals surface area (Å²) in [6, 6.07) is 6.15. The normalized spacial score (nSPS) is 17.2. The van der Waals surface area contributed by atoms with Gasteiger partial charge in [-0.2, -0.15) is 0 Å². The third-order valence-electron chi connectivity index (χ3n) is 2.97. The molecule has 1 saturated carbocycles. The van der Waals surface area contributed by atoms with Gasteiger partial charge in [0.15, 0.2) is 0 Å². The van der Waals surface area contributed by atoms with Crippen molar-refractivity contribution < 1.29 is 0 Å². The molecular weight excluding hydrogens is 240 g/mol. The van der Waals surface area contributed by atoms with Crippen LogP contribution in [0.5, 0.6) is 0 Å². The Kier molecular flexibility index (Phi) is 1.87. The van der Waals surface area contributed by atoms with Gasteiger partial charge in [0.05, 0.1) is 5.52 Å². The molecular formula is C11H11BrN2. The fraction of sp³-hybridized carbons (Fsp3) is 0.364. The largest absolute Gasteiger partial charge is 0.342 e. The van der Waals surface area contributed by atoms with Crippen LogP contribution in [0.1, 0.15) is 31.0 Å².